The van der Waals surface area contributed by atoms with Crippen molar-refractivity contribution in [1.82, 2.24) is 4.90 Å². The number of rotatable bonds is 3. The van der Waals surface area contributed by atoms with E-state index >= 15 is 0 Å². The molecule has 0 radical (unpaired) electrons. The van der Waals surface area contributed by atoms with Gasteiger partial charge in [-0.05, 0) is 25.8 Å². The Morgan fingerprint density at radius 1 is 1.24 bits per heavy atom. The first-order valence-corrected chi connectivity index (χ1v) is 7.03. The molecule has 3 fully saturated rings. The van der Waals surface area contributed by atoms with Gasteiger partial charge in [0.1, 0.15) is 0 Å². The minimum absolute atomic E-state index is 0.286. The quantitative estimate of drug-likeness (QED) is 0.802. The van der Waals surface area contributed by atoms with E-state index in [9.17, 15) is 0 Å². The van der Waals surface area contributed by atoms with Gasteiger partial charge in [-0.15, -0.1) is 0 Å². The lowest BCUT2D eigenvalue weighted by Gasteiger charge is -2.44. The van der Waals surface area contributed by atoms with Crippen LogP contribution in [0.2, 0.25) is 0 Å². The molecule has 2 aliphatic carbocycles. The van der Waals surface area contributed by atoms with E-state index in [2.05, 4.69) is 11.8 Å². The smallest absolute Gasteiger partial charge is 0.170 e. The zero-order chi connectivity index (χ0) is 11.9. The van der Waals surface area contributed by atoms with Crippen molar-refractivity contribution in [3.8, 4) is 0 Å². The third-order valence-corrected chi connectivity index (χ3v) is 4.49. The number of nitrogens with zero attached hydrogens (tertiary/aromatic N) is 1. The summed E-state index contributed by atoms with van der Waals surface area (Å²) in [7, 11) is 0. The summed E-state index contributed by atoms with van der Waals surface area (Å²) < 4.78 is 11.7. The Kier molecular flexibility index (Phi) is 3.15. The van der Waals surface area contributed by atoms with E-state index in [-0.39, 0.29) is 11.8 Å². The molecule has 4 heteroatoms. The fourth-order valence-electron chi connectivity index (χ4n) is 3.44. The predicted molar refractivity (Wildman–Crippen MR) is 65.7 cm³/mol. The molecule has 0 aromatic carbocycles. The zero-order valence-corrected chi connectivity index (χ0v) is 10.7. The molecule has 4 nitrogen and oxygen atoms in total. The molecule has 0 bridgehead atoms. The standard InChI is InChI=1S/C13H24N2O2/c1-2-15(10-3-4-10)12-9-13(6-5-11(12)14)16-7-8-17-13/h10-12H,2-9,14H2,1H3. The summed E-state index contributed by atoms with van der Waals surface area (Å²) in [4.78, 5) is 2.58. The van der Waals surface area contributed by atoms with Gasteiger partial charge in [-0.25, -0.2) is 0 Å². The summed E-state index contributed by atoms with van der Waals surface area (Å²) in [5.74, 6) is -0.303. The van der Waals surface area contributed by atoms with Gasteiger partial charge in [0.15, 0.2) is 5.79 Å². The van der Waals surface area contributed by atoms with Crippen molar-refractivity contribution in [1.29, 1.82) is 0 Å². The molecule has 3 aliphatic rings. The molecule has 1 heterocycles. The van der Waals surface area contributed by atoms with Gasteiger partial charge in [-0.2, -0.15) is 0 Å². The fraction of sp³-hybridized carbons (Fsp3) is 1.00. The third-order valence-electron chi connectivity index (χ3n) is 4.49. The molecule has 0 aromatic heterocycles. The van der Waals surface area contributed by atoms with Crippen molar-refractivity contribution in [2.75, 3.05) is 19.8 Å². The lowest BCUT2D eigenvalue weighted by molar-refractivity contribution is -0.192. The van der Waals surface area contributed by atoms with Crippen LogP contribution in [-0.2, 0) is 9.47 Å². The van der Waals surface area contributed by atoms with Crippen molar-refractivity contribution in [2.24, 2.45) is 5.73 Å². The van der Waals surface area contributed by atoms with Crippen molar-refractivity contribution in [3.05, 3.63) is 0 Å². The van der Waals surface area contributed by atoms with Gasteiger partial charge in [-0.3, -0.25) is 4.90 Å². The van der Waals surface area contributed by atoms with Gasteiger partial charge in [0.25, 0.3) is 0 Å². The highest BCUT2D eigenvalue weighted by atomic mass is 16.7. The lowest BCUT2D eigenvalue weighted by atomic mass is 9.85. The Balaban J connectivity index is 1.72. The van der Waals surface area contributed by atoms with E-state index in [4.69, 9.17) is 15.2 Å². The van der Waals surface area contributed by atoms with Gasteiger partial charge in [0.2, 0.25) is 0 Å². The summed E-state index contributed by atoms with van der Waals surface area (Å²) in [6, 6.07) is 1.50. The van der Waals surface area contributed by atoms with Gasteiger partial charge in [-0.1, -0.05) is 6.92 Å². The van der Waals surface area contributed by atoms with Crippen LogP contribution in [0.5, 0.6) is 0 Å². The van der Waals surface area contributed by atoms with E-state index in [1.165, 1.54) is 12.8 Å². The van der Waals surface area contributed by atoms with Crippen LogP contribution >= 0.6 is 0 Å². The minimum Gasteiger partial charge on any atom is -0.347 e. The Labute approximate surface area is 103 Å². The van der Waals surface area contributed by atoms with Crippen molar-refractivity contribution >= 4 is 0 Å². The molecule has 2 N–H and O–H groups in total. The zero-order valence-electron chi connectivity index (χ0n) is 10.7. The summed E-state index contributed by atoms with van der Waals surface area (Å²) >= 11 is 0. The molecule has 17 heavy (non-hydrogen) atoms. The van der Waals surface area contributed by atoms with Crippen LogP contribution in [0, 0.1) is 0 Å². The first kappa shape index (κ1) is 11.9. The van der Waals surface area contributed by atoms with Crippen LogP contribution in [0.3, 0.4) is 0 Å². The van der Waals surface area contributed by atoms with Crippen molar-refractivity contribution < 1.29 is 9.47 Å². The molecule has 0 amide bonds. The normalized spacial score (nSPS) is 36.9. The van der Waals surface area contributed by atoms with Crippen LogP contribution < -0.4 is 5.73 Å². The maximum Gasteiger partial charge on any atom is 0.170 e. The number of hydrogen-bond donors (Lipinski definition) is 1. The Bertz CT molecular complexity index is 275. The molecule has 3 rings (SSSR count). The van der Waals surface area contributed by atoms with Crippen molar-refractivity contribution in [3.63, 3.8) is 0 Å². The molecule has 1 aliphatic heterocycles. The van der Waals surface area contributed by atoms with E-state index < -0.39 is 0 Å². The first-order valence-electron chi connectivity index (χ1n) is 7.03. The minimum atomic E-state index is -0.303. The molecule has 98 valence electrons. The second kappa shape index (κ2) is 4.50. The van der Waals surface area contributed by atoms with Crippen LogP contribution in [0.4, 0.5) is 0 Å². The topological polar surface area (TPSA) is 47.7 Å². The number of ether oxygens (including phenoxy) is 2. The highest BCUT2D eigenvalue weighted by molar-refractivity contribution is 4.99. The molecule has 2 saturated carbocycles. The van der Waals surface area contributed by atoms with E-state index in [0.717, 1.165) is 45.1 Å². The molecule has 2 unspecified atom stereocenters. The monoisotopic (exact) mass is 240 g/mol. The second-order valence-electron chi connectivity index (χ2n) is 5.64. The number of nitrogens with two attached hydrogens (primary N) is 1. The molecule has 1 saturated heterocycles. The van der Waals surface area contributed by atoms with Crippen LogP contribution in [-0.4, -0.2) is 48.6 Å². The third kappa shape index (κ3) is 2.24. The largest absolute Gasteiger partial charge is 0.347 e. The van der Waals surface area contributed by atoms with Crippen LogP contribution in [0.15, 0.2) is 0 Å². The molecule has 0 aromatic rings. The second-order valence-corrected chi connectivity index (χ2v) is 5.64. The summed E-state index contributed by atoms with van der Waals surface area (Å²) in [5.41, 5.74) is 6.32. The molecule has 2 atom stereocenters. The average Bonchev–Trinajstić information content (AvgIpc) is 3.06. The Morgan fingerprint density at radius 2 is 1.94 bits per heavy atom. The van der Waals surface area contributed by atoms with Crippen LogP contribution in [0.1, 0.15) is 39.0 Å². The number of likely N-dealkylation sites (N-methyl/N-ethyl adjacent to an activating group) is 1. The van der Waals surface area contributed by atoms with E-state index in [0.29, 0.717) is 6.04 Å². The van der Waals surface area contributed by atoms with Gasteiger partial charge >= 0.3 is 0 Å². The Hall–Kier alpha value is -0.160. The lowest BCUT2D eigenvalue weighted by Crippen LogP contribution is -2.56. The highest BCUT2D eigenvalue weighted by Gasteiger charge is 2.47. The summed E-state index contributed by atoms with van der Waals surface area (Å²) in [6.07, 6.45) is 5.62. The predicted octanol–water partition coefficient (Wildman–Crippen LogP) is 1.09. The average molecular weight is 240 g/mol. The molecule has 1 spiro atoms. The highest BCUT2D eigenvalue weighted by Crippen LogP contribution is 2.40. The fourth-order valence-corrected chi connectivity index (χ4v) is 3.44. The Morgan fingerprint density at radius 3 is 2.53 bits per heavy atom. The van der Waals surface area contributed by atoms with Gasteiger partial charge in [0.05, 0.1) is 13.2 Å². The molecular formula is C13H24N2O2. The summed E-state index contributed by atoms with van der Waals surface area (Å²) in [6.45, 7) is 4.83. The van der Waals surface area contributed by atoms with E-state index in [1.807, 2.05) is 0 Å². The van der Waals surface area contributed by atoms with Crippen LogP contribution in [0.25, 0.3) is 0 Å². The van der Waals surface area contributed by atoms with Gasteiger partial charge in [0, 0.05) is 31.0 Å². The molecular weight excluding hydrogens is 216 g/mol. The van der Waals surface area contributed by atoms with Gasteiger partial charge < -0.3 is 15.2 Å². The first-order chi connectivity index (χ1) is 8.24. The maximum absolute atomic E-state index is 6.32. The SMILES string of the molecule is CCN(C1CC1)C1CC2(CCC1N)OCCO2. The summed E-state index contributed by atoms with van der Waals surface area (Å²) in [5, 5.41) is 0. The maximum atomic E-state index is 6.32. The van der Waals surface area contributed by atoms with E-state index in [1.54, 1.807) is 0 Å². The number of hydrogen-bond acceptors (Lipinski definition) is 4. The van der Waals surface area contributed by atoms with Crippen molar-refractivity contribution in [2.45, 2.75) is 62.9 Å².